The van der Waals surface area contributed by atoms with Gasteiger partial charge in [0.25, 0.3) is 0 Å². The third-order valence-corrected chi connectivity index (χ3v) is 1.42. The molecule has 0 N–H and O–H groups in total. The van der Waals surface area contributed by atoms with Crippen molar-refractivity contribution in [3.63, 3.8) is 0 Å². The molecule has 0 rings (SSSR count). The lowest BCUT2D eigenvalue weighted by atomic mass is 10.4. The normalized spacial score (nSPS) is 10.9. The predicted molar refractivity (Wildman–Crippen MR) is 43.5 cm³/mol. The Morgan fingerprint density at radius 3 is 2.27 bits per heavy atom. The Morgan fingerprint density at radius 1 is 1.18 bits per heavy atom. The van der Waals surface area contributed by atoms with Crippen molar-refractivity contribution >= 4 is 0 Å². The molecule has 0 unspecified atom stereocenters. The van der Waals surface area contributed by atoms with E-state index in [0.717, 1.165) is 19.4 Å². The van der Waals surface area contributed by atoms with Gasteiger partial charge in [-0.15, -0.1) is 0 Å². The highest BCUT2D eigenvalue weighted by molar-refractivity contribution is 4.38. The van der Waals surface area contributed by atoms with Gasteiger partial charge in [-0.3, -0.25) is 0 Å². The molecule has 0 aliphatic heterocycles. The van der Waals surface area contributed by atoms with Crippen molar-refractivity contribution in [3.05, 3.63) is 0 Å². The topological polar surface area (TPSA) is 27.7 Å². The second kappa shape index (κ2) is 7.98. The SMILES string of the molecule is CCCCOCC(OC)OC. The summed E-state index contributed by atoms with van der Waals surface area (Å²) in [7, 11) is 3.22. The van der Waals surface area contributed by atoms with Gasteiger partial charge in [-0.25, -0.2) is 0 Å². The van der Waals surface area contributed by atoms with Gasteiger partial charge in [0.05, 0.1) is 6.61 Å². The fraction of sp³-hybridized carbons (Fsp3) is 1.00. The van der Waals surface area contributed by atoms with E-state index in [1.165, 1.54) is 0 Å². The molecule has 68 valence electrons. The second-order valence-electron chi connectivity index (χ2n) is 2.33. The quantitative estimate of drug-likeness (QED) is 0.418. The van der Waals surface area contributed by atoms with Crippen LogP contribution in [-0.2, 0) is 14.2 Å². The van der Waals surface area contributed by atoms with Crippen LogP contribution in [0.25, 0.3) is 0 Å². The van der Waals surface area contributed by atoms with E-state index in [9.17, 15) is 0 Å². The minimum Gasteiger partial charge on any atom is -0.376 e. The zero-order valence-corrected chi connectivity index (χ0v) is 7.63. The van der Waals surface area contributed by atoms with E-state index < -0.39 is 0 Å². The Kier molecular flexibility index (Phi) is 7.89. The Labute approximate surface area is 68.6 Å². The first-order valence-electron chi connectivity index (χ1n) is 3.98. The second-order valence-corrected chi connectivity index (χ2v) is 2.33. The summed E-state index contributed by atoms with van der Waals surface area (Å²) in [5.41, 5.74) is 0. The zero-order chi connectivity index (χ0) is 8.53. The first-order valence-corrected chi connectivity index (χ1v) is 3.98. The molecule has 0 saturated heterocycles. The largest absolute Gasteiger partial charge is 0.376 e. The van der Waals surface area contributed by atoms with Gasteiger partial charge in [0.2, 0.25) is 0 Å². The number of hydrogen-bond acceptors (Lipinski definition) is 3. The van der Waals surface area contributed by atoms with Gasteiger partial charge in [-0.2, -0.15) is 0 Å². The maximum Gasteiger partial charge on any atom is 0.180 e. The van der Waals surface area contributed by atoms with Gasteiger partial charge in [0.1, 0.15) is 0 Å². The summed E-state index contributed by atoms with van der Waals surface area (Å²) in [6.45, 7) is 3.44. The van der Waals surface area contributed by atoms with Crippen molar-refractivity contribution in [3.8, 4) is 0 Å². The van der Waals surface area contributed by atoms with Crippen molar-refractivity contribution < 1.29 is 14.2 Å². The predicted octanol–water partition coefficient (Wildman–Crippen LogP) is 1.42. The highest BCUT2D eigenvalue weighted by Crippen LogP contribution is 1.94. The summed E-state index contributed by atoms with van der Waals surface area (Å²) in [6.07, 6.45) is 2.04. The lowest BCUT2D eigenvalue weighted by Crippen LogP contribution is -2.20. The van der Waals surface area contributed by atoms with Crippen LogP contribution in [0.5, 0.6) is 0 Å². The monoisotopic (exact) mass is 162 g/mol. The van der Waals surface area contributed by atoms with Crippen LogP contribution >= 0.6 is 0 Å². The summed E-state index contributed by atoms with van der Waals surface area (Å²) < 4.78 is 15.1. The molecule has 0 radical (unpaired) electrons. The van der Waals surface area contributed by atoms with Crippen molar-refractivity contribution in [1.82, 2.24) is 0 Å². The average molecular weight is 162 g/mol. The molecule has 11 heavy (non-hydrogen) atoms. The Morgan fingerprint density at radius 2 is 1.82 bits per heavy atom. The maximum atomic E-state index is 5.27. The van der Waals surface area contributed by atoms with Crippen molar-refractivity contribution in [2.45, 2.75) is 26.1 Å². The standard InChI is InChI=1S/C8H18O3/c1-4-5-6-11-7-8(9-2)10-3/h8H,4-7H2,1-3H3. The fourth-order valence-electron chi connectivity index (χ4n) is 0.658. The number of unbranched alkanes of at least 4 members (excludes halogenated alkanes) is 1. The molecule has 0 amide bonds. The molecule has 0 saturated carbocycles. The molecule has 0 fully saturated rings. The van der Waals surface area contributed by atoms with Crippen LogP contribution in [0.15, 0.2) is 0 Å². The third kappa shape index (κ3) is 6.28. The minimum atomic E-state index is -0.216. The molecule has 3 nitrogen and oxygen atoms in total. The van der Waals surface area contributed by atoms with Gasteiger partial charge in [-0.05, 0) is 6.42 Å². The van der Waals surface area contributed by atoms with Crippen molar-refractivity contribution in [2.24, 2.45) is 0 Å². The summed E-state index contributed by atoms with van der Waals surface area (Å²) in [5.74, 6) is 0. The fourth-order valence-corrected chi connectivity index (χ4v) is 0.658. The third-order valence-electron chi connectivity index (χ3n) is 1.42. The zero-order valence-electron chi connectivity index (χ0n) is 7.63. The Bertz CT molecular complexity index is 71.7. The molecular weight excluding hydrogens is 144 g/mol. The van der Waals surface area contributed by atoms with E-state index in [-0.39, 0.29) is 6.29 Å². The lowest BCUT2D eigenvalue weighted by molar-refractivity contribution is -0.140. The van der Waals surface area contributed by atoms with Gasteiger partial charge in [0, 0.05) is 20.8 Å². The molecule has 0 bridgehead atoms. The molecular formula is C8H18O3. The van der Waals surface area contributed by atoms with Crippen LogP contribution in [0.2, 0.25) is 0 Å². The van der Waals surface area contributed by atoms with E-state index in [1.807, 2.05) is 0 Å². The molecule has 0 aromatic heterocycles. The number of ether oxygens (including phenoxy) is 3. The van der Waals surface area contributed by atoms with E-state index in [2.05, 4.69) is 6.92 Å². The highest BCUT2D eigenvalue weighted by Gasteiger charge is 2.02. The smallest absolute Gasteiger partial charge is 0.180 e. The van der Waals surface area contributed by atoms with E-state index in [4.69, 9.17) is 14.2 Å². The molecule has 0 aliphatic rings. The first-order chi connectivity index (χ1) is 5.35. The lowest BCUT2D eigenvalue weighted by Gasteiger charge is -2.12. The van der Waals surface area contributed by atoms with Crippen LogP contribution in [-0.4, -0.2) is 33.7 Å². The Hall–Kier alpha value is -0.120. The summed E-state index contributed by atoms with van der Waals surface area (Å²) >= 11 is 0. The Balaban J connectivity index is 3.07. The van der Waals surface area contributed by atoms with Crippen molar-refractivity contribution in [2.75, 3.05) is 27.4 Å². The summed E-state index contributed by atoms with van der Waals surface area (Å²) in [5, 5.41) is 0. The number of hydrogen-bond donors (Lipinski definition) is 0. The minimum absolute atomic E-state index is 0.216. The van der Waals surface area contributed by atoms with Crippen LogP contribution < -0.4 is 0 Å². The molecule has 0 aromatic carbocycles. The first kappa shape index (κ1) is 10.9. The van der Waals surface area contributed by atoms with Crippen molar-refractivity contribution in [1.29, 1.82) is 0 Å². The van der Waals surface area contributed by atoms with Crippen LogP contribution in [0.3, 0.4) is 0 Å². The van der Waals surface area contributed by atoms with Gasteiger partial charge >= 0.3 is 0 Å². The number of methoxy groups -OCH3 is 2. The molecule has 0 aromatic rings. The maximum absolute atomic E-state index is 5.27. The van der Waals surface area contributed by atoms with Gasteiger partial charge in [0.15, 0.2) is 6.29 Å². The van der Waals surface area contributed by atoms with E-state index >= 15 is 0 Å². The highest BCUT2D eigenvalue weighted by atomic mass is 16.7. The van der Waals surface area contributed by atoms with Crippen LogP contribution in [0.1, 0.15) is 19.8 Å². The number of rotatable bonds is 7. The van der Waals surface area contributed by atoms with Crippen LogP contribution in [0, 0.1) is 0 Å². The summed E-state index contributed by atoms with van der Waals surface area (Å²) in [4.78, 5) is 0. The molecule has 0 spiro atoms. The average Bonchev–Trinajstić information content (AvgIpc) is 2.05. The molecule has 0 heterocycles. The summed E-state index contributed by atoms with van der Waals surface area (Å²) in [6, 6.07) is 0. The van der Waals surface area contributed by atoms with Gasteiger partial charge in [-0.1, -0.05) is 13.3 Å². The molecule has 3 heteroatoms. The van der Waals surface area contributed by atoms with E-state index in [0.29, 0.717) is 6.61 Å². The van der Waals surface area contributed by atoms with E-state index in [1.54, 1.807) is 14.2 Å². The molecule has 0 atom stereocenters. The van der Waals surface area contributed by atoms with Crippen LogP contribution in [0.4, 0.5) is 0 Å². The van der Waals surface area contributed by atoms with Gasteiger partial charge < -0.3 is 14.2 Å². The molecule has 0 aliphatic carbocycles.